The summed E-state index contributed by atoms with van der Waals surface area (Å²) in [5.74, 6) is -0.163. The van der Waals surface area contributed by atoms with Crippen LogP contribution in [0.1, 0.15) is 250 Å². The highest BCUT2D eigenvalue weighted by Crippen LogP contribution is 2.78. The first-order valence-corrected chi connectivity index (χ1v) is 24.5. The zero-order chi connectivity index (χ0) is 47.2. The summed E-state index contributed by atoms with van der Waals surface area (Å²) < 4.78 is 7.98. The first-order valence-electron chi connectivity index (χ1n) is 23.0. The minimum atomic E-state index is -2.96. The molecule has 3 heteroatoms. The van der Waals surface area contributed by atoms with Crippen LogP contribution >= 0.6 is 10.3 Å². The molecule has 3 aromatic rings. The van der Waals surface area contributed by atoms with Crippen LogP contribution in [-0.4, -0.2) is 5.97 Å². The van der Waals surface area contributed by atoms with Crippen molar-refractivity contribution in [1.82, 2.24) is 0 Å². The molecule has 0 radical (unpaired) electrons. The van der Waals surface area contributed by atoms with Crippen LogP contribution in [0.3, 0.4) is 0 Å². The van der Waals surface area contributed by atoms with Crippen LogP contribution in [0.15, 0.2) is 51.1 Å². The van der Waals surface area contributed by atoms with Crippen molar-refractivity contribution < 1.29 is 8.98 Å². The van der Waals surface area contributed by atoms with Gasteiger partial charge in [-0.3, -0.25) is 4.79 Å². The number of hydrogen-bond donors (Lipinski definition) is 0. The monoisotopic (exact) mass is 841 g/mol. The van der Waals surface area contributed by atoms with Gasteiger partial charge in [-0.05, 0) is 109 Å². The number of hydrogen-bond acceptors (Lipinski definition) is 2. The highest BCUT2D eigenvalue weighted by atomic mass is 32.3. The van der Waals surface area contributed by atoms with E-state index in [0.717, 1.165) is 0 Å². The van der Waals surface area contributed by atoms with E-state index in [4.69, 9.17) is 4.18 Å². The van der Waals surface area contributed by atoms with E-state index in [9.17, 15) is 0 Å². The zero-order valence-electron chi connectivity index (χ0n) is 44.4. The van der Waals surface area contributed by atoms with Crippen molar-refractivity contribution in [3.8, 4) is 0 Å². The molecule has 0 aromatic heterocycles. The standard InChI is InChI=1S/C57H92O2S/c1-29-45(58)59-60(46-39(52(11,12)13)30-36(49(2,3)4)31-40(46)53(14,15)16,47-41(54(17,18)19)32-37(50(5,6)7)33-42(47)55(20,21)22)48-43(56(23,24)25)34-38(51(8,9)10)35-44(48)57(26,27)28/h30-35H,29H2,1-28H3. The second-order valence-electron chi connectivity index (χ2n) is 27.3. The Hall–Kier alpha value is -2.52. The summed E-state index contributed by atoms with van der Waals surface area (Å²) in [5, 5.41) is 0. The van der Waals surface area contributed by atoms with Crippen molar-refractivity contribution in [2.75, 3.05) is 0 Å². The minimum absolute atomic E-state index is 0.111. The third-order valence-electron chi connectivity index (χ3n) is 12.1. The molecule has 0 spiro atoms. The van der Waals surface area contributed by atoms with Crippen LogP contribution in [0.5, 0.6) is 0 Å². The lowest BCUT2D eigenvalue weighted by Crippen LogP contribution is -2.33. The Bertz CT molecular complexity index is 1730. The summed E-state index contributed by atoms with van der Waals surface area (Å²) in [4.78, 5) is 18.8. The summed E-state index contributed by atoms with van der Waals surface area (Å²) >= 11 is 0. The molecule has 3 aromatic carbocycles. The second-order valence-corrected chi connectivity index (χ2v) is 29.8. The highest BCUT2D eigenvalue weighted by Gasteiger charge is 2.52. The average molecular weight is 841 g/mol. The van der Waals surface area contributed by atoms with Crippen LogP contribution in [-0.2, 0) is 57.7 Å². The summed E-state index contributed by atoms with van der Waals surface area (Å²) in [6.45, 7) is 65.6. The lowest BCUT2D eigenvalue weighted by Gasteiger charge is -2.52. The summed E-state index contributed by atoms with van der Waals surface area (Å²) in [7, 11) is -2.96. The van der Waals surface area contributed by atoms with Crippen molar-refractivity contribution in [1.29, 1.82) is 0 Å². The van der Waals surface area contributed by atoms with E-state index in [1.54, 1.807) is 0 Å². The van der Waals surface area contributed by atoms with Crippen molar-refractivity contribution in [2.45, 2.75) is 264 Å². The Kier molecular flexibility index (Phi) is 13.8. The molecular weight excluding hydrogens is 749 g/mol. The smallest absolute Gasteiger partial charge is 0.316 e. The molecule has 0 fully saturated rings. The third kappa shape index (κ3) is 10.6. The summed E-state index contributed by atoms with van der Waals surface area (Å²) in [5.41, 5.74) is 9.31. The Morgan fingerprint density at radius 1 is 0.350 bits per heavy atom. The molecule has 338 valence electrons. The van der Waals surface area contributed by atoms with Gasteiger partial charge in [-0.1, -0.05) is 230 Å². The topological polar surface area (TPSA) is 26.3 Å². The molecule has 0 bridgehead atoms. The molecule has 0 aliphatic rings. The Morgan fingerprint density at radius 3 is 0.633 bits per heavy atom. The maximum atomic E-state index is 15.2. The number of carbonyl (C=O) groups is 1. The maximum absolute atomic E-state index is 15.2. The van der Waals surface area contributed by atoms with E-state index < -0.39 is 10.3 Å². The van der Waals surface area contributed by atoms with Crippen LogP contribution in [0.4, 0.5) is 0 Å². The van der Waals surface area contributed by atoms with Gasteiger partial charge in [0.05, 0.1) is 0 Å². The van der Waals surface area contributed by atoms with Gasteiger partial charge < -0.3 is 4.18 Å². The fourth-order valence-electron chi connectivity index (χ4n) is 8.09. The lowest BCUT2D eigenvalue weighted by molar-refractivity contribution is -0.133. The summed E-state index contributed by atoms with van der Waals surface area (Å²) in [6.07, 6.45) is 0.274. The lowest BCUT2D eigenvalue weighted by atomic mass is 9.75. The van der Waals surface area contributed by atoms with Gasteiger partial charge in [0.2, 0.25) is 0 Å². The fraction of sp³-hybridized carbons (Fsp3) is 0.667. The zero-order valence-corrected chi connectivity index (χ0v) is 45.2. The van der Waals surface area contributed by atoms with E-state index in [1.807, 2.05) is 6.92 Å². The van der Waals surface area contributed by atoms with E-state index in [-0.39, 0.29) is 61.1 Å². The fourth-order valence-corrected chi connectivity index (χ4v) is 13.4. The predicted octanol–water partition coefficient (Wildman–Crippen LogP) is 17.5. The summed E-state index contributed by atoms with van der Waals surface area (Å²) in [6, 6.07) is 15.0. The van der Waals surface area contributed by atoms with Crippen LogP contribution in [0.2, 0.25) is 0 Å². The molecule has 0 amide bonds. The highest BCUT2D eigenvalue weighted by molar-refractivity contribution is 8.30. The van der Waals surface area contributed by atoms with Crippen LogP contribution in [0, 0.1) is 0 Å². The average Bonchev–Trinajstić information content (AvgIpc) is 3.01. The van der Waals surface area contributed by atoms with Gasteiger partial charge >= 0.3 is 5.97 Å². The Balaban J connectivity index is 3.38. The molecule has 2 nitrogen and oxygen atoms in total. The van der Waals surface area contributed by atoms with Gasteiger partial charge in [0.25, 0.3) is 0 Å². The van der Waals surface area contributed by atoms with Crippen molar-refractivity contribution in [2.24, 2.45) is 0 Å². The van der Waals surface area contributed by atoms with Gasteiger partial charge in [0.1, 0.15) is 0 Å². The first kappa shape index (κ1) is 51.8. The maximum Gasteiger partial charge on any atom is 0.316 e. The van der Waals surface area contributed by atoms with Gasteiger partial charge in [-0.15, -0.1) is 0 Å². The molecule has 0 atom stereocenters. The van der Waals surface area contributed by atoms with E-state index in [2.05, 4.69) is 223 Å². The molecule has 0 saturated carbocycles. The molecule has 0 heterocycles. The third-order valence-corrected chi connectivity index (χ3v) is 15.6. The van der Waals surface area contributed by atoms with Crippen LogP contribution < -0.4 is 0 Å². The number of carbonyl (C=O) groups excluding carboxylic acids is 1. The molecule has 0 N–H and O–H groups in total. The van der Waals surface area contributed by atoms with Gasteiger partial charge in [0.15, 0.2) is 0 Å². The number of benzene rings is 3. The van der Waals surface area contributed by atoms with E-state index >= 15 is 4.79 Å². The number of rotatable bonds is 5. The first-order chi connectivity index (χ1) is 26.3. The van der Waals surface area contributed by atoms with Gasteiger partial charge in [-0.2, -0.15) is 0 Å². The second kappa shape index (κ2) is 15.9. The van der Waals surface area contributed by atoms with Crippen molar-refractivity contribution in [3.05, 3.63) is 86.5 Å². The quantitative estimate of drug-likeness (QED) is 0.256. The largest absolute Gasteiger partial charge is 0.402 e. The molecule has 3 rings (SSSR count). The molecule has 0 aliphatic carbocycles. The minimum Gasteiger partial charge on any atom is -0.402 e. The molecule has 0 unspecified atom stereocenters. The predicted molar refractivity (Wildman–Crippen MR) is 266 cm³/mol. The van der Waals surface area contributed by atoms with E-state index in [1.165, 1.54) is 64.8 Å². The molecular formula is C57H92O2S. The van der Waals surface area contributed by atoms with Crippen LogP contribution in [0.25, 0.3) is 0 Å². The SMILES string of the molecule is CCC(=O)OS(c1c(C(C)(C)C)cc(C(C)(C)C)cc1C(C)(C)C)(c1c(C(C)(C)C)cc(C(C)(C)C)cc1C(C)(C)C)c1c(C(C)(C)C)cc(C(C)(C)C)cc1C(C)(C)C. The van der Waals surface area contributed by atoms with Gasteiger partial charge in [-0.25, -0.2) is 0 Å². The van der Waals surface area contributed by atoms with Gasteiger partial charge in [0, 0.05) is 21.1 Å². The van der Waals surface area contributed by atoms with E-state index in [0.29, 0.717) is 0 Å². The molecule has 60 heavy (non-hydrogen) atoms. The van der Waals surface area contributed by atoms with Crippen molar-refractivity contribution >= 4 is 16.3 Å². The Labute approximate surface area is 373 Å². The normalized spacial score (nSPS) is 14.7. The molecule has 0 aliphatic heterocycles. The Morgan fingerprint density at radius 2 is 0.517 bits per heavy atom. The van der Waals surface area contributed by atoms with Crippen molar-refractivity contribution in [3.63, 3.8) is 0 Å². The molecule has 0 saturated heterocycles.